The zero-order valence-corrected chi connectivity index (χ0v) is 20.9. The van der Waals surface area contributed by atoms with Crippen LogP contribution in [0.4, 0.5) is 32.0 Å². The van der Waals surface area contributed by atoms with Gasteiger partial charge in [0.1, 0.15) is 12.0 Å². The molecule has 0 radical (unpaired) electrons. The van der Waals surface area contributed by atoms with Crippen LogP contribution in [0.15, 0.2) is 42.7 Å². The van der Waals surface area contributed by atoms with Gasteiger partial charge in [-0.2, -0.15) is 13.2 Å². The predicted molar refractivity (Wildman–Crippen MR) is 127 cm³/mol. The van der Waals surface area contributed by atoms with Gasteiger partial charge >= 0.3 is 6.18 Å². The Hall–Kier alpha value is -3.41. The number of carbonyl (C=O) groups excluding carboxylic acids is 1. The first-order chi connectivity index (χ1) is 17.7. The Morgan fingerprint density at radius 1 is 1.13 bits per heavy atom. The van der Waals surface area contributed by atoms with Crippen molar-refractivity contribution >= 4 is 11.6 Å². The average molecular weight is 538 g/mol. The van der Waals surface area contributed by atoms with Crippen LogP contribution in [0.3, 0.4) is 0 Å². The molecule has 6 nitrogen and oxygen atoms in total. The summed E-state index contributed by atoms with van der Waals surface area (Å²) in [5.74, 6) is -0.920. The van der Waals surface area contributed by atoms with E-state index >= 15 is 8.78 Å². The van der Waals surface area contributed by atoms with Gasteiger partial charge in [-0.15, -0.1) is 10.2 Å². The molecule has 2 aliphatic rings. The minimum atomic E-state index is -4.73. The minimum absolute atomic E-state index is 0.0682. The normalized spacial score (nSPS) is 19.7. The predicted octanol–water partition coefficient (Wildman–Crippen LogP) is 5.43. The van der Waals surface area contributed by atoms with E-state index in [0.717, 1.165) is 17.9 Å². The van der Waals surface area contributed by atoms with Gasteiger partial charge < -0.3 is 9.47 Å². The number of benzene rings is 2. The van der Waals surface area contributed by atoms with Crippen molar-refractivity contribution in [2.75, 3.05) is 18.0 Å². The number of likely N-dealkylation sites (tertiary alicyclic amines) is 1. The molecule has 2 aliphatic heterocycles. The molecular weight excluding hydrogens is 512 g/mol. The van der Waals surface area contributed by atoms with Crippen LogP contribution in [0, 0.1) is 0 Å². The van der Waals surface area contributed by atoms with E-state index in [1.165, 1.54) is 55.2 Å². The smallest absolute Gasteiger partial charge is 0.318 e. The molecule has 1 amide bonds. The number of aryl methyl sites for hydroxylation is 1. The Kier molecular flexibility index (Phi) is 6.08. The van der Waals surface area contributed by atoms with E-state index in [-0.39, 0.29) is 59.9 Å². The first-order valence-electron chi connectivity index (χ1n) is 11.9. The zero-order valence-electron chi connectivity index (χ0n) is 20.9. The summed E-state index contributed by atoms with van der Waals surface area (Å²) in [4.78, 5) is 16.1. The minimum Gasteiger partial charge on any atom is -0.318 e. The molecule has 5 rings (SSSR count). The van der Waals surface area contributed by atoms with Gasteiger partial charge in [0.2, 0.25) is 0 Å². The number of fused-ring (bicyclic) bond motifs is 1. The second-order valence-electron chi connectivity index (χ2n) is 10.4. The number of rotatable bonds is 6. The lowest BCUT2D eigenvalue weighted by Crippen LogP contribution is -2.56. The second-order valence-corrected chi connectivity index (χ2v) is 10.4. The van der Waals surface area contributed by atoms with Crippen LogP contribution in [0.2, 0.25) is 0 Å². The molecule has 0 saturated carbocycles. The molecule has 2 aromatic carbocycles. The van der Waals surface area contributed by atoms with Gasteiger partial charge in [0.25, 0.3) is 5.91 Å². The van der Waals surface area contributed by atoms with Crippen molar-refractivity contribution in [3.63, 3.8) is 0 Å². The molecule has 1 saturated heterocycles. The fraction of sp³-hybridized carbons (Fsp3) is 0.423. The van der Waals surface area contributed by atoms with Crippen LogP contribution < -0.4 is 4.90 Å². The third kappa shape index (κ3) is 4.55. The first-order valence-corrected chi connectivity index (χ1v) is 11.9. The molecule has 38 heavy (non-hydrogen) atoms. The zero-order chi connectivity index (χ0) is 27.6. The molecule has 3 aromatic rings. The number of alkyl halides is 6. The molecule has 1 aromatic heterocycles. The number of halogens is 6. The fourth-order valence-corrected chi connectivity index (χ4v) is 5.17. The second kappa shape index (κ2) is 8.82. The van der Waals surface area contributed by atoms with Crippen molar-refractivity contribution in [1.29, 1.82) is 0 Å². The molecule has 2 atom stereocenters. The maximum Gasteiger partial charge on any atom is 0.416 e. The largest absolute Gasteiger partial charge is 0.416 e. The standard InChI is InChI=1S/C26H25F6N5O/c1-24(28)12-36(13-24)10-15-7-18-19(20(8-15)26(30,31)32)11-37(23(18)38)17-6-4-5-16(9-17)25(2,29)21(27)22-34-33-14-35(22)3/h4-9,14,21H,10-13H2,1-3H3/t21-,25-/m1/s1. The molecular formula is C26H25F6N5O. The van der Waals surface area contributed by atoms with Crippen LogP contribution in [0.25, 0.3) is 0 Å². The van der Waals surface area contributed by atoms with E-state index in [1.54, 1.807) is 4.90 Å². The molecule has 3 heterocycles. The van der Waals surface area contributed by atoms with Crippen LogP contribution in [-0.4, -0.2) is 44.3 Å². The molecule has 202 valence electrons. The van der Waals surface area contributed by atoms with Gasteiger partial charge in [0, 0.05) is 37.9 Å². The van der Waals surface area contributed by atoms with Gasteiger partial charge in [-0.1, -0.05) is 12.1 Å². The van der Waals surface area contributed by atoms with Crippen LogP contribution in [0.5, 0.6) is 0 Å². The van der Waals surface area contributed by atoms with Crippen LogP contribution in [-0.2, 0) is 32.0 Å². The Morgan fingerprint density at radius 3 is 2.45 bits per heavy atom. The number of anilines is 1. The van der Waals surface area contributed by atoms with Crippen LogP contribution in [0.1, 0.15) is 58.5 Å². The highest BCUT2D eigenvalue weighted by Gasteiger charge is 2.44. The third-order valence-corrected chi connectivity index (χ3v) is 7.09. The third-order valence-electron chi connectivity index (χ3n) is 7.09. The number of hydrogen-bond donors (Lipinski definition) is 0. The number of amides is 1. The van der Waals surface area contributed by atoms with Crippen molar-refractivity contribution in [2.45, 2.75) is 50.6 Å². The lowest BCUT2D eigenvalue weighted by atomic mass is 9.92. The van der Waals surface area contributed by atoms with E-state index in [9.17, 15) is 22.4 Å². The Labute approximate surface area is 214 Å². The van der Waals surface area contributed by atoms with E-state index in [1.807, 2.05) is 0 Å². The van der Waals surface area contributed by atoms with Gasteiger partial charge in [-0.05, 0) is 54.8 Å². The molecule has 0 N–H and O–H groups in total. The summed E-state index contributed by atoms with van der Waals surface area (Å²) in [6, 6.07) is 7.85. The topological polar surface area (TPSA) is 54.3 Å². The maximum absolute atomic E-state index is 15.7. The quantitative estimate of drug-likeness (QED) is 0.394. The SMILES string of the molecule is Cn1cnnc1[C@@H](F)[C@](C)(F)c1cccc(N2Cc3c(cc(CN4CC(C)(F)C4)cc3C(F)(F)F)C2=O)c1. The highest BCUT2D eigenvalue weighted by Crippen LogP contribution is 2.44. The first kappa shape index (κ1) is 26.2. The molecule has 1 fully saturated rings. The van der Waals surface area contributed by atoms with Crippen molar-refractivity contribution in [3.8, 4) is 0 Å². The van der Waals surface area contributed by atoms with Crippen LogP contribution >= 0.6 is 0 Å². The Balaban J connectivity index is 1.46. The average Bonchev–Trinajstić information content (AvgIpc) is 3.39. The number of nitrogens with zero attached hydrogens (tertiary/aromatic N) is 5. The van der Waals surface area contributed by atoms with E-state index < -0.39 is 35.2 Å². The summed E-state index contributed by atoms with van der Waals surface area (Å²) in [6.45, 7) is 2.30. The maximum atomic E-state index is 15.7. The van der Waals surface area contributed by atoms with Gasteiger partial charge in [-0.25, -0.2) is 13.2 Å². The molecule has 12 heteroatoms. The summed E-state index contributed by atoms with van der Waals surface area (Å²) in [5, 5.41) is 7.20. The van der Waals surface area contributed by atoms with Crippen molar-refractivity contribution < 1.29 is 31.1 Å². The molecule has 0 aliphatic carbocycles. The lowest BCUT2D eigenvalue weighted by molar-refractivity contribution is -0.138. The van der Waals surface area contributed by atoms with Gasteiger partial charge in [0.05, 0.1) is 12.1 Å². The number of hydrogen-bond acceptors (Lipinski definition) is 4. The molecule has 0 unspecified atom stereocenters. The molecule has 0 spiro atoms. The summed E-state index contributed by atoms with van der Waals surface area (Å²) in [7, 11) is 1.47. The van der Waals surface area contributed by atoms with Gasteiger partial charge in [-0.3, -0.25) is 9.69 Å². The van der Waals surface area contributed by atoms with E-state index in [4.69, 9.17) is 0 Å². The summed E-state index contributed by atoms with van der Waals surface area (Å²) in [6.07, 6.45) is -5.68. The summed E-state index contributed by atoms with van der Waals surface area (Å²) in [5.41, 5.74) is -4.95. The monoisotopic (exact) mass is 537 g/mol. The summed E-state index contributed by atoms with van der Waals surface area (Å²) < 4.78 is 88.0. The highest BCUT2D eigenvalue weighted by molar-refractivity contribution is 6.10. The highest BCUT2D eigenvalue weighted by atomic mass is 19.4. The van der Waals surface area contributed by atoms with E-state index in [0.29, 0.717) is 0 Å². The van der Waals surface area contributed by atoms with Crippen molar-refractivity contribution in [3.05, 3.63) is 76.4 Å². The number of aromatic nitrogens is 3. The van der Waals surface area contributed by atoms with Crippen molar-refractivity contribution in [1.82, 2.24) is 19.7 Å². The molecule has 0 bridgehead atoms. The van der Waals surface area contributed by atoms with Crippen molar-refractivity contribution in [2.24, 2.45) is 7.05 Å². The number of carbonyl (C=O) groups is 1. The van der Waals surface area contributed by atoms with E-state index in [2.05, 4.69) is 10.2 Å². The Morgan fingerprint density at radius 2 is 1.84 bits per heavy atom. The fourth-order valence-electron chi connectivity index (χ4n) is 5.17. The Bertz CT molecular complexity index is 1390. The van der Waals surface area contributed by atoms with Gasteiger partial charge in [0.15, 0.2) is 17.7 Å². The summed E-state index contributed by atoms with van der Waals surface area (Å²) >= 11 is 0. The lowest BCUT2D eigenvalue weighted by Gasteiger charge is -2.42.